The Balaban J connectivity index is 7.54. The summed E-state index contributed by atoms with van der Waals surface area (Å²) < 4.78 is 0. The number of nitrogens with one attached hydrogen (secondary N) is 11. The van der Waals surface area contributed by atoms with Gasteiger partial charge in [0.25, 0.3) is 0 Å². The minimum Gasteiger partial charge on any atom is -0.481 e. The van der Waals surface area contributed by atoms with Gasteiger partial charge in [0.1, 0.15) is 66.5 Å². The molecule has 0 aliphatic heterocycles. The summed E-state index contributed by atoms with van der Waals surface area (Å²) in [5.74, 6) is -37.8. The Bertz CT molecular complexity index is 3380. The number of aliphatic carboxylic acids is 13. The molecule has 109 heavy (non-hydrogen) atoms. The molecular weight excluding hydrogens is 1480 g/mol. The number of nitrogens with two attached hydrogens (primary N) is 1. The van der Waals surface area contributed by atoms with Crippen molar-refractivity contribution in [2.75, 3.05) is 0 Å². The first-order valence-corrected chi connectivity index (χ1v) is 32.7. The lowest BCUT2D eigenvalue weighted by molar-refractivity contribution is -0.144. The fourth-order valence-electron chi connectivity index (χ4n) is 9.30. The third-order valence-electron chi connectivity index (χ3n) is 15.1. The number of hydrogen-bond acceptors (Lipinski definition) is 25. The summed E-state index contributed by atoms with van der Waals surface area (Å²) in [4.78, 5) is 304. The van der Waals surface area contributed by atoms with Gasteiger partial charge in [0.15, 0.2) is 0 Å². The van der Waals surface area contributed by atoms with E-state index in [4.69, 9.17) is 15.9 Å². The molecule has 0 spiro atoms. The zero-order valence-electron chi connectivity index (χ0n) is 57.6. The minimum absolute atomic E-state index is 0.496. The average molecular weight is 1570 g/mol. The van der Waals surface area contributed by atoms with E-state index in [1.807, 2.05) is 47.9 Å². The standard InChI is InChI=1S/C60H86N12O37/c61-25(1-13-37(73)74)49(97)62-26(2-14-38(75)76)50(98)63-27(3-15-39(77)78)51(99)64-28(4-16-40(79)80)52(100)65-29(5-17-41(81)82)53(101)66-30(6-18-42(83)84)54(102)67-31(7-19-43(85)86)55(103)68-32(8-20-44(87)88)56(104)69-33(9-21-45(89)90)57(105)70-34(10-22-46(91)92)58(106)71-35(11-23-47(93)94)59(107)72-36(60(108)109)12-24-48(95)96/h25-36H,1-24,61H2,(H,62,97)(H,63,98)(H,64,99)(H,65,100)(H,66,101)(H,67,102)(H,68,103)(H,69,104)(H,70,105)(H,71,106)(H,72,107)(H,73,74)(H,75,76)(H,77,78)(H,79,80)(H,81,82)(H,83,84)(H,85,86)(H,87,88)(H,89,90)(H,91,92)(H,93,94)(H,95,96)(H,108,109)/t25-,26-,27-,28-,29-,30-,31-,32-,33-,34-,35-,36-/m0/s1. The van der Waals surface area contributed by atoms with Gasteiger partial charge in [-0.15, -0.1) is 0 Å². The summed E-state index contributed by atoms with van der Waals surface area (Å²) in [7, 11) is 0. The topological polar surface area (TPSA) is 831 Å². The molecule has 0 aliphatic rings. The number of carbonyl (C=O) groups is 24. The fourth-order valence-corrected chi connectivity index (χ4v) is 9.30. The van der Waals surface area contributed by atoms with Crippen molar-refractivity contribution in [2.24, 2.45) is 5.73 Å². The molecule has 608 valence electrons. The van der Waals surface area contributed by atoms with Crippen molar-refractivity contribution in [1.82, 2.24) is 58.5 Å². The Morgan fingerprint density at radius 3 is 0.385 bits per heavy atom. The van der Waals surface area contributed by atoms with Gasteiger partial charge in [-0.05, 0) is 77.0 Å². The zero-order valence-corrected chi connectivity index (χ0v) is 57.6. The van der Waals surface area contributed by atoms with E-state index in [1.54, 1.807) is 0 Å². The molecule has 0 aromatic rings. The van der Waals surface area contributed by atoms with Crippen molar-refractivity contribution < 1.29 is 181 Å². The normalized spacial score (nSPS) is 14.1. The lowest BCUT2D eigenvalue weighted by Crippen LogP contribution is -2.61. The Morgan fingerprint density at radius 1 is 0.165 bits per heavy atom. The Kier molecular flexibility index (Phi) is 44.0. The number of amides is 11. The van der Waals surface area contributed by atoms with Gasteiger partial charge < -0.3 is 131 Å². The average Bonchev–Trinajstić information content (AvgIpc) is 0.862. The van der Waals surface area contributed by atoms with Crippen molar-refractivity contribution in [3.63, 3.8) is 0 Å². The highest BCUT2D eigenvalue weighted by Gasteiger charge is 2.38. The Morgan fingerprint density at radius 2 is 0.266 bits per heavy atom. The lowest BCUT2D eigenvalue weighted by Gasteiger charge is -2.28. The van der Waals surface area contributed by atoms with Crippen LogP contribution in [-0.4, -0.2) is 281 Å². The molecule has 0 aliphatic carbocycles. The third kappa shape index (κ3) is 42.7. The van der Waals surface area contributed by atoms with Crippen molar-refractivity contribution in [2.45, 2.75) is 227 Å². The first-order valence-electron chi connectivity index (χ1n) is 32.7. The van der Waals surface area contributed by atoms with Gasteiger partial charge in [0.05, 0.1) is 6.04 Å². The quantitative estimate of drug-likeness (QED) is 0.0269. The molecule has 0 unspecified atom stereocenters. The molecule has 0 rings (SSSR count). The first kappa shape index (κ1) is 96.2. The van der Waals surface area contributed by atoms with Crippen LogP contribution in [0.25, 0.3) is 0 Å². The number of carboxylic acid groups (broad SMARTS) is 13. The minimum atomic E-state index is -2.26. The Labute approximate surface area is 613 Å². The van der Waals surface area contributed by atoms with Gasteiger partial charge >= 0.3 is 77.6 Å². The molecule has 0 fully saturated rings. The smallest absolute Gasteiger partial charge is 0.326 e. The second-order valence-electron chi connectivity index (χ2n) is 23.8. The van der Waals surface area contributed by atoms with E-state index in [9.17, 15) is 171 Å². The first-order chi connectivity index (χ1) is 50.7. The maximum atomic E-state index is 14.2. The summed E-state index contributed by atoms with van der Waals surface area (Å²) in [5.41, 5.74) is 5.71. The van der Waals surface area contributed by atoms with E-state index in [0.717, 1.165) is 0 Å². The second kappa shape index (κ2) is 49.9. The van der Waals surface area contributed by atoms with Crippen molar-refractivity contribution in [3.05, 3.63) is 0 Å². The molecule has 0 radical (unpaired) electrons. The monoisotopic (exact) mass is 1570 g/mol. The van der Waals surface area contributed by atoms with Gasteiger partial charge in [0, 0.05) is 77.0 Å². The fraction of sp³-hybridized carbons (Fsp3) is 0.600. The van der Waals surface area contributed by atoms with Crippen LogP contribution in [0.1, 0.15) is 154 Å². The van der Waals surface area contributed by atoms with Gasteiger partial charge in [-0.1, -0.05) is 0 Å². The van der Waals surface area contributed by atoms with E-state index < -0.39 is 369 Å². The van der Waals surface area contributed by atoms with E-state index >= 15 is 0 Å². The van der Waals surface area contributed by atoms with Gasteiger partial charge in [-0.2, -0.15) is 0 Å². The molecule has 0 saturated carbocycles. The number of rotatable bonds is 59. The van der Waals surface area contributed by atoms with Gasteiger partial charge in [-0.25, -0.2) is 4.79 Å². The molecular formula is C60H86N12O37. The molecule has 0 saturated heterocycles. The summed E-state index contributed by atoms with van der Waals surface area (Å²) in [6, 6.07) is -25.1. The van der Waals surface area contributed by atoms with Crippen LogP contribution in [0.3, 0.4) is 0 Å². The predicted octanol–water partition coefficient (Wildman–Crippen LogP) is -7.89. The SMILES string of the molecule is N[C@@H](CCC(=O)O)C(=O)N[C@@H](CCC(=O)O)C(=O)N[C@@H](CCC(=O)O)C(=O)N[C@@H](CCC(=O)O)C(=O)N[C@@H](CCC(=O)O)C(=O)N[C@@H](CCC(=O)O)C(=O)N[C@@H](CCC(=O)O)C(=O)N[C@@H](CCC(=O)O)C(=O)N[C@@H](CCC(=O)O)C(=O)N[C@@H](CCC(=O)O)C(=O)N[C@@H](CCC(=O)O)C(=O)N[C@@H](CCC(=O)O)C(=O)O. The van der Waals surface area contributed by atoms with Crippen LogP contribution < -0.4 is 64.2 Å². The molecule has 0 heterocycles. The molecule has 11 amide bonds. The summed E-state index contributed by atoms with van der Waals surface area (Å²) >= 11 is 0. The van der Waals surface area contributed by atoms with Crippen LogP contribution in [0.5, 0.6) is 0 Å². The molecule has 49 nitrogen and oxygen atoms in total. The maximum Gasteiger partial charge on any atom is 0.326 e. The predicted molar refractivity (Wildman–Crippen MR) is 349 cm³/mol. The maximum absolute atomic E-state index is 14.2. The zero-order chi connectivity index (χ0) is 83.5. The molecule has 26 N–H and O–H groups in total. The highest BCUT2D eigenvalue weighted by Crippen LogP contribution is 2.14. The number of hydrogen-bond donors (Lipinski definition) is 25. The van der Waals surface area contributed by atoms with Crippen LogP contribution in [-0.2, 0) is 115 Å². The molecule has 12 atom stereocenters. The van der Waals surface area contributed by atoms with Crippen LogP contribution >= 0.6 is 0 Å². The molecule has 0 aromatic carbocycles. The highest BCUT2D eigenvalue weighted by molar-refractivity contribution is 6.00. The third-order valence-corrected chi connectivity index (χ3v) is 15.1. The summed E-state index contributed by atoms with van der Waals surface area (Å²) in [6.07, 6.45) is -22.1. The van der Waals surface area contributed by atoms with E-state index in [2.05, 4.69) is 10.6 Å². The molecule has 0 bridgehead atoms. The van der Waals surface area contributed by atoms with E-state index in [0.29, 0.717) is 0 Å². The van der Waals surface area contributed by atoms with Crippen LogP contribution in [0.4, 0.5) is 0 Å². The summed E-state index contributed by atoms with van der Waals surface area (Å²) in [6.45, 7) is 0. The molecule has 49 heteroatoms. The van der Waals surface area contributed by atoms with Crippen molar-refractivity contribution in [3.8, 4) is 0 Å². The van der Waals surface area contributed by atoms with E-state index in [1.165, 1.54) is 0 Å². The highest BCUT2D eigenvalue weighted by atomic mass is 16.4. The van der Waals surface area contributed by atoms with Crippen molar-refractivity contribution >= 4 is 143 Å². The molecule has 0 aromatic heterocycles. The lowest BCUT2D eigenvalue weighted by atomic mass is 10.0. The van der Waals surface area contributed by atoms with Gasteiger partial charge in [-0.3, -0.25) is 110 Å². The number of carboxylic acids is 13. The largest absolute Gasteiger partial charge is 0.481 e. The van der Waals surface area contributed by atoms with Crippen LogP contribution in [0, 0.1) is 0 Å². The number of carbonyl (C=O) groups excluding carboxylic acids is 11. The second-order valence-corrected chi connectivity index (χ2v) is 23.8. The Hall–Kier alpha value is -12.8. The van der Waals surface area contributed by atoms with Crippen LogP contribution in [0.15, 0.2) is 0 Å². The summed E-state index contributed by atoms with van der Waals surface area (Å²) in [5, 5.41) is 145. The van der Waals surface area contributed by atoms with Crippen LogP contribution in [0.2, 0.25) is 0 Å². The van der Waals surface area contributed by atoms with E-state index in [-0.39, 0.29) is 0 Å². The van der Waals surface area contributed by atoms with Gasteiger partial charge in [0.2, 0.25) is 65.0 Å². The van der Waals surface area contributed by atoms with Crippen molar-refractivity contribution in [1.29, 1.82) is 0 Å².